The van der Waals surface area contributed by atoms with E-state index in [1.807, 2.05) is 0 Å². The molecule has 0 spiro atoms. The standard InChI is InChI=1S/C16H10Cl2N2O3/c17-12-5-1-10(2-6-12)15-19-14(23-20-15)9-22-16(21)11-3-7-13(18)8-4-11/h1-8H,9H2. The van der Waals surface area contributed by atoms with Gasteiger partial charge >= 0.3 is 5.97 Å². The Hall–Kier alpha value is -2.37. The van der Waals surface area contributed by atoms with Crippen LogP contribution in [0.1, 0.15) is 16.2 Å². The van der Waals surface area contributed by atoms with Gasteiger partial charge in [0, 0.05) is 15.6 Å². The second-order valence-corrected chi connectivity index (χ2v) is 5.47. The molecule has 0 amide bonds. The van der Waals surface area contributed by atoms with Crippen molar-refractivity contribution in [1.29, 1.82) is 0 Å². The Kier molecular flexibility index (Phi) is 4.60. The maximum absolute atomic E-state index is 11.9. The van der Waals surface area contributed by atoms with Crippen molar-refractivity contribution in [3.8, 4) is 11.4 Å². The minimum atomic E-state index is -0.493. The lowest BCUT2D eigenvalue weighted by molar-refractivity contribution is 0.0430. The van der Waals surface area contributed by atoms with E-state index >= 15 is 0 Å². The number of hydrogen-bond acceptors (Lipinski definition) is 5. The highest BCUT2D eigenvalue weighted by Crippen LogP contribution is 2.19. The molecule has 1 heterocycles. The van der Waals surface area contributed by atoms with Crippen molar-refractivity contribution in [2.45, 2.75) is 6.61 Å². The van der Waals surface area contributed by atoms with E-state index in [1.165, 1.54) is 0 Å². The van der Waals surface area contributed by atoms with Crippen LogP contribution in [0.3, 0.4) is 0 Å². The molecular formula is C16H10Cl2N2O3. The summed E-state index contributed by atoms with van der Waals surface area (Å²) in [6.45, 7) is -0.109. The van der Waals surface area contributed by atoms with E-state index in [1.54, 1.807) is 48.5 Å². The van der Waals surface area contributed by atoms with Gasteiger partial charge < -0.3 is 9.26 Å². The second-order valence-electron chi connectivity index (χ2n) is 4.60. The largest absolute Gasteiger partial charge is 0.452 e. The van der Waals surface area contributed by atoms with Gasteiger partial charge in [0.2, 0.25) is 5.82 Å². The third-order valence-electron chi connectivity index (χ3n) is 2.98. The molecule has 7 heteroatoms. The van der Waals surface area contributed by atoms with Gasteiger partial charge in [-0.05, 0) is 48.5 Å². The van der Waals surface area contributed by atoms with Gasteiger partial charge in [-0.1, -0.05) is 28.4 Å². The van der Waals surface area contributed by atoms with Gasteiger partial charge in [-0.3, -0.25) is 0 Å². The maximum Gasteiger partial charge on any atom is 0.338 e. The number of aromatic nitrogens is 2. The van der Waals surface area contributed by atoms with Gasteiger partial charge in [-0.15, -0.1) is 0 Å². The van der Waals surface area contributed by atoms with Crippen LogP contribution in [0.15, 0.2) is 53.1 Å². The summed E-state index contributed by atoms with van der Waals surface area (Å²) < 4.78 is 10.2. The summed E-state index contributed by atoms with van der Waals surface area (Å²) in [6.07, 6.45) is 0. The summed E-state index contributed by atoms with van der Waals surface area (Å²) in [5.74, 6) is 0.115. The molecule has 0 atom stereocenters. The summed E-state index contributed by atoms with van der Waals surface area (Å²) in [7, 11) is 0. The van der Waals surface area contributed by atoms with Gasteiger partial charge in [0.05, 0.1) is 5.56 Å². The van der Waals surface area contributed by atoms with Crippen LogP contribution in [0.5, 0.6) is 0 Å². The molecule has 23 heavy (non-hydrogen) atoms. The first kappa shape index (κ1) is 15.5. The molecule has 3 rings (SSSR count). The minimum Gasteiger partial charge on any atom is -0.452 e. The van der Waals surface area contributed by atoms with Crippen LogP contribution in [0.25, 0.3) is 11.4 Å². The number of esters is 1. The first-order valence-electron chi connectivity index (χ1n) is 6.63. The molecule has 2 aromatic carbocycles. The summed E-state index contributed by atoms with van der Waals surface area (Å²) >= 11 is 11.6. The molecule has 0 fully saturated rings. The second kappa shape index (κ2) is 6.81. The van der Waals surface area contributed by atoms with Crippen LogP contribution in [0, 0.1) is 0 Å². The topological polar surface area (TPSA) is 65.2 Å². The molecule has 0 bridgehead atoms. The van der Waals surface area contributed by atoms with Gasteiger partial charge in [0.25, 0.3) is 5.89 Å². The third-order valence-corrected chi connectivity index (χ3v) is 3.48. The van der Waals surface area contributed by atoms with Gasteiger partial charge in [0.15, 0.2) is 6.61 Å². The predicted octanol–water partition coefficient (Wildman–Crippen LogP) is 4.40. The zero-order chi connectivity index (χ0) is 16.2. The van der Waals surface area contributed by atoms with Crippen molar-refractivity contribution in [3.63, 3.8) is 0 Å². The highest BCUT2D eigenvalue weighted by molar-refractivity contribution is 6.30. The Morgan fingerprint density at radius 2 is 1.61 bits per heavy atom. The quantitative estimate of drug-likeness (QED) is 0.653. The lowest BCUT2D eigenvalue weighted by Crippen LogP contribution is -2.05. The fourth-order valence-corrected chi connectivity index (χ4v) is 2.08. The first-order valence-corrected chi connectivity index (χ1v) is 7.38. The van der Waals surface area contributed by atoms with Crippen LogP contribution in [-0.2, 0) is 11.3 Å². The monoisotopic (exact) mass is 348 g/mol. The molecule has 0 saturated heterocycles. The first-order chi connectivity index (χ1) is 11.1. The SMILES string of the molecule is O=C(OCc1nc(-c2ccc(Cl)cc2)no1)c1ccc(Cl)cc1. The fraction of sp³-hybridized carbons (Fsp3) is 0.0625. The maximum atomic E-state index is 11.9. The molecule has 1 aromatic heterocycles. The number of carbonyl (C=O) groups excluding carboxylic acids is 1. The average Bonchev–Trinajstić information content (AvgIpc) is 3.03. The summed E-state index contributed by atoms with van der Waals surface area (Å²) in [5.41, 5.74) is 1.15. The van der Waals surface area contributed by atoms with Crippen molar-refractivity contribution in [2.75, 3.05) is 0 Å². The zero-order valence-electron chi connectivity index (χ0n) is 11.7. The van der Waals surface area contributed by atoms with Crippen molar-refractivity contribution in [3.05, 3.63) is 70.0 Å². The van der Waals surface area contributed by atoms with Crippen LogP contribution < -0.4 is 0 Å². The third kappa shape index (κ3) is 3.88. The highest BCUT2D eigenvalue weighted by atomic mass is 35.5. The van der Waals surface area contributed by atoms with E-state index in [9.17, 15) is 4.79 Å². The normalized spacial score (nSPS) is 10.5. The molecule has 0 radical (unpaired) electrons. The van der Waals surface area contributed by atoms with Crippen LogP contribution in [-0.4, -0.2) is 16.1 Å². The fourth-order valence-electron chi connectivity index (χ4n) is 1.83. The van der Waals surface area contributed by atoms with Crippen molar-refractivity contribution in [1.82, 2.24) is 10.1 Å². The zero-order valence-corrected chi connectivity index (χ0v) is 13.2. The van der Waals surface area contributed by atoms with Crippen LogP contribution in [0.4, 0.5) is 0 Å². The average molecular weight is 349 g/mol. The molecule has 0 unspecified atom stereocenters. The number of nitrogens with zero attached hydrogens (tertiary/aromatic N) is 2. The lowest BCUT2D eigenvalue weighted by Gasteiger charge is -2.01. The summed E-state index contributed by atoms with van der Waals surface area (Å²) in [4.78, 5) is 16.0. The van der Waals surface area contributed by atoms with E-state index in [0.717, 1.165) is 5.56 Å². The van der Waals surface area contributed by atoms with E-state index in [0.29, 0.717) is 21.4 Å². The number of rotatable bonds is 4. The van der Waals surface area contributed by atoms with E-state index in [-0.39, 0.29) is 12.5 Å². The Balaban J connectivity index is 1.64. The summed E-state index contributed by atoms with van der Waals surface area (Å²) in [6, 6.07) is 13.4. The predicted molar refractivity (Wildman–Crippen MR) is 85.3 cm³/mol. The van der Waals surface area contributed by atoms with Crippen molar-refractivity contribution < 1.29 is 14.1 Å². The molecule has 5 nitrogen and oxygen atoms in total. The molecule has 0 saturated carbocycles. The Morgan fingerprint density at radius 1 is 1.00 bits per heavy atom. The molecule has 116 valence electrons. The highest BCUT2D eigenvalue weighted by Gasteiger charge is 2.12. The molecule has 0 aliphatic carbocycles. The number of hydrogen-bond donors (Lipinski definition) is 0. The van der Waals surface area contributed by atoms with E-state index < -0.39 is 5.97 Å². The molecular weight excluding hydrogens is 339 g/mol. The Bertz CT molecular complexity index is 814. The summed E-state index contributed by atoms with van der Waals surface area (Å²) in [5, 5.41) is 5.01. The van der Waals surface area contributed by atoms with Crippen LogP contribution in [0.2, 0.25) is 10.0 Å². The van der Waals surface area contributed by atoms with Crippen LogP contribution >= 0.6 is 23.2 Å². The van der Waals surface area contributed by atoms with E-state index in [4.69, 9.17) is 32.5 Å². The van der Waals surface area contributed by atoms with Gasteiger partial charge in [-0.25, -0.2) is 4.79 Å². The number of carbonyl (C=O) groups is 1. The van der Waals surface area contributed by atoms with Gasteiger partial charge in [0.1, 0.15) is 0 Å². The lowest BCUT2D eigenvalue weighted by atomic mass is 10.2. The number of halogens is 2. The number of ether oxygens (including phenoxy) is 1. The van der Waals surface area contributed by atoms with Crippen molar-refractivity contribution in [2.24, 2.45) is 0 Å². The van der Waals surface area contributed by atoms with Gasteiger partial charge in [-0.2, -0.15) is 4.98 Å². The number of benzene rings is 2. The Morgan fingerprint density at radius 3 is 2.26 bits per heavy atom. The van der Waals surface area contributed by atoms with Crippen molar-refractivity contribution >= 4 is 29.2 Å². The molecule has 0 aliphatic rings. The smallest absolute Gasteiger partial charge is 0.338 e. The molecule has 0 aliphatic heterocycles. The Labute approximate surface area is 141 Å². The van der Waals surface area contributed by atoms with E-state index in [2.05, 4.69) is 10.1 Å². The minimum absolute atomic E-state index is 0.109. The molecule has 0 N–H and O–H groups in total. The molecule has 3 aromatic rings.